The van der Waals surface area contributed by atoms with Crippen molar-refractivity contribution in [3.63, 3.8) is 0 Å². The van der Waals surface area contributed by atoms with Crippen LogP contribution in [0.1, 0.15) is 11.1 Å². The molecular formula is C15H14N2OS. The van der Waals surface area contributed by atoms with Crippen molar-refractivity contribution in [1.82, 2.24) is 0 Å². The Labute approximate surface area is 115 Å². The molecule has 0 heterocycles. The predicted octanol–water partition coefficient (Wildman–Crippen LogP) is 2.91. The second kappa shape index (κ2) is 6.17. The molecular weight excluding hydrogens is 256 g/mol. The van der Waals surface area contributed by atoms with E-state index >= 15 is 0 Å². The first-order valence-electron chi connectivity index (χ1n) is 5.85. The van der Waals surface area contributed by atoms with Crippen LogP contribution in [0.2, 0.25) is 0 Å². The molecule has 0 bridgehead atoms. The lowest BCUT2D eigenvalue weighted by Gasteiger charge is -2.07. The average Bonchev–Trinajstić information content (AvgIpc) is 2.46. The van der Waals surface area contributed by atoms with Gasteiger partial charge in [-0.3, -0.25) is 4.21 Å². The van der Waals surface area contributed by atoms with Crippen LogP contribution in [0.3, 0.4) is 0 Å². The van der Waals surface area contributed by atoms with Crippen LogP contribution in [-0.2, 0) is 17.3 Å². The van der Waals surface area contributed by atoms with Gasteiger partial charge in [0.25, 0.3) is 0 Å². The van der Waals surface area contributed by atoms with Gasteiger partial charge in [-0.15, -0.1) is 0 Å². The highest BCUT2D eigenvalue weighted by Crippen LogP contribution is 2.13. The highest BCUT2D eigenvalue weighted by atomic mass is 32.2. The van der Waals surface area contributed by atoms with Crippen molar-refractivity contribution in [3.8, 4) is 6.07 Å². The highest BCUT2D eigenvalue weighted by molar-refractivity contribution is 7.84. The van der Waals surface area contributed by atoms with Crippen LogP contribution in [0.15, 0.2) is 53.4 Å². The normalized spacial score (nSPS) is 11.6. The second-order valence-corrected chi connectivity index (χ2v) is 5.52. The van der Waals surface area contributed by atoms with Gasteiger partial charge in [-0.25, -0.2) is 0 Å². The summed E-state index contributed by atoms with van der Waals surface area (Å²) in [7, 11) is -0.938. The van der Waals surface area contributed by atoms with Crippen LogP contribution in [-0.4, -0.2) is 10.5 Å². The van der Waals surface area contributed by atoms with E-state index in [2.05, 4.69) is 11.4 Å². The molecule has 0 amide bonds. The van der Waals surface area contributed by atoms with Crippen molar-refractivity contribution in [1.29, 1.82) is 5.26 Å². The maximum Gasteiger partial charge on any atom is 0.0992 e. The van der Waals surface area contributed by atoms with E-state index in [1.54, 1.807) is 12.3 Å². The summed E-state index contributed by atoms with van der Waals surface area (Å²) < 4.78 is 11.3. The smallest absolute Gasteiger partial charge is 0.0992 e. The number of rotatable bonds is 4. The Morgan fingerprint density at radius 2 is 1.95 bits per heavy atom. The lowest BCUT2D eigenvalue weighted by molar-refractivity contribution is 0.687. The molecule has 0 radical (unpaired) electrons. The maximum atomic E-state index is 11.3. The number of nitrogens with one attached hydrogen (secondary N) is 1. The van der Waals surface area contributed by atoms with Gasteiger partial charge in [0.2, 0.25) is 0 Å². The van der Waals surface area contributed by atoms with E-state index in [1.807, 2.05) is 42.5 Å². The lowest BCUT2D eigenvalue weighted by atomic mass is 10.2. The molecule has 0 spiro atoms. The molecule has 96 valence electrons. The third-order valence-corrected chi connectivity index (χ3v) is 3.68. The minimum absolute atomic E-state index is 0.640. The first-order chi connectivity index (χ1) is 9.19. The molecule has 2 rings (SSSR count). The first kappa shape index (κ1) is 13.3. The number of hydrogen-bond donors (Lipinski definition) is 1. The summed E-state index contributed by atoms with van der Waals surface area (Å²) in [5, 5.41) is 12.1. The van der Waals surface area contributed by atoms with Gasteiger partial charge in [-0.1, -0.05) is 18.2 Å². The molecule has 2 aromatic carbocycles. The summed E-state index contributed by atoms with van der Waals surface area (Å²) in [6.07, 6.45) is 1.67. The van der Waals surface area contributed by atoms with Crippen LogP contribution in [0.25, 0.3) is 0 Å². The zero-order valence-electron chi connectivity index (χ0n) is 10.6. The Kier molecular flexibility index (Phi) is 4.32. The minimum Gasteiger partial charge on any atom is -0.381 e. The Balaban J connectivity index is 2.02. The van der Waals surface area contributed by atoms with Gasteiger partial charge >= 0.3 is 0 Å². The number of benzene rings is 2. The van der Waals surface area contributed by atoms with Crippen molar-refractivity contribution >= 4 is 16.5 Å². The van der Waals surface area contributed by atoms with Crippen molar-refractivity contribution in [3.05, 3.63) is 59.7 Å². The fourth-order valence-corrected chi connectivity index (χ4v) is 2.22. The average molecular weight is 270 g/mol. The maximum absolute atomic E-state index is 11.3. The van der Waals surface area contributed by atoms with E-state index < -0.39 is 10.8 Å². The van der Waals surface area contributed by atoms with Crippen LogP contribution >= 0.6 is 0 Å². The van der Waals surface area contributed by atoms with Gasteiger partial charge in [0.15, 0.2) is 0 Å². The summed E-state index contributed by atoms with van der Waals surface area (Å²) in [6.45, 7) is 0.672. The highest BCUT2D eigenvalue weighted by Gasteiger charge is 1.99. The van der Waals surface area contributed by atoms with E-state index in [1.165, 1.54) is 0 Å². The SMILES string of the molecule is C[S@@](=O)c1ccc(CNc2cccc(C#N)c2)cc1. The third-order valence-electron chi connectivity index (χ3n) is 2.74. The summed E-state index contributed by atoms with van der Waals surface area (Å²) in [5.41, 5.74) is 2.67. The van der Waals surface area contributed by atoms with Gasteiger partial charge < -0.3 is 5.32 Å². The standard InChI is InChI=1S/C15H14N2OS/c1-19(18)15-7-5-12(6-8-15)11-17-14-4-2-3-13(9-14)10-16/h2-9,17H,11H2,1H3/t19-/m1/s1. The van der Waals surface area contributed by atoms with E-state index in [0.717, 1.165) is 16.1 Å². The van der Waals surface area contributed by atoms with Crippen molar-refractivity contribution in [2.45, 2.75) is 11.4 Å². The number of nitriles is 1. The molecule has 4 heteroatoms. The monoisotopic (exact) mass is 270 g/mol. The van der Waals surface area contributed by atoms with Gasteiger partial charge in [-0.2, -0.15) is 5.26 Å². The summed E-state index contributed by atoms with van der Waals surface area (Å²) in [4.78, 5) is 0.829. The topological polar surface area (TPSA) is 52.9 Å². The summed E-state index contributed by atoms with van der Waals surface area (Å²) >= 11 is 0. The van der Waals surface area contributed by atoms with Crippen molar-refractivity contribution in [2.24, 2.45) is 0 Å². The molecule has 0 aliphatic rings. The molecule has 19 heavy (non-hydrogen) atoms. The molecule has 3 nitrogen and oxygen atoms in total. The molecule has 0 saturated carbocycles. The van der Waals surface area contributed by atoms with E-state index in [0.29, 0.717) is 12.1 Å². The fourth-order valence-electron chi connectivity index (χ4n) is 1.70. The van der Waals surface area contributed by atoms with Crippen molar-refractivity contribution < 1.29 is 4.21 Å². The van der Waals surface area contributed by atoms with Gasteiger partial charge in [0.1, 0.15) is 0 Å². The zero-order valence-corrected chi connectivity index (χ0v) is 11.4. The van der Waals surface area contributed by atoms with Crippen molar-refractivity contribution in [2.75, 3.05) is 11.6 Å². The Hall–Kier alpha value is -2.12. The zero-order chi connectivity index (χ0) is 13.7. The Morgan fingerprint density at radius 3 is 2.58 bits per heavy atom. The van der Waals surface area contributed by atoms with Crippen LogP contribution in [0, 0.1) is 11.3 Å². The molecule has 2 aromatic rings. The molecule has 0 saturated heterocycles. The van der Waals surface area contributed by atoms with Gasteiger partial charge in [-0.05, 0) is 35.9 Å². The van der Waals surface area contributed by atoms with Crippen LogP contribution < -0.4 is 5.32 Å². The summed E-state index contributed by atoms with van der Waals surface area (Å²) in [5.74, 6) is 0. The number of nitrogens with zero attached hydrogens (tertiary/aromatic N) is 1. The molecule has 0 aromatic heterocycles. The number of hydrogen-bond acceptors (Lipinski definition) is 3. The largest absolute Gasteiger partial charge is 0.381 e. The molecule has 0 aliphatic heterocycles. The molecule has 0 fully saturated rings. The van der Waals surface area contributed by atoms with Crippen LogP contribution in [0.4, 0.5) is 5.69 Å². The molecule has 1 N–H and O–H groups in total. The van der Waals surface area contributed by atoms with Crippen LogP contribution in [0.5, 0.6) is 0 Å². The Morgan fingerprint density at radius 1 is 1.21 bits per heavy atom. The molecule has 1 atom stereocenters. The Bertz CT molecular complexity index is 629. The summed E-state index contributed by atoms with van der Waals surface area (Å²) in [6, 6.07) is 17.1. The van der Waals surface area contributed by atoms with E-state index in [4.69, 9.17) is 5.26 Å². The second-order valence-electron chi connectivity index (χ2n) is 4.14. The minimum atomic E-state index is -0.938. The van der Waals surface area contributed by atoms with E-state index in [9.17, 15) is 4.21 Å². The fraction of sp³-hybridized carbons (Fsp3) is 0.133. The quantitative estimate of drug-likeness (QED) is 0.929. The van der Waals surface area contributed by atoms with E-state index in [-0.39, 0.29) is 0 Å². The third kappa shape index (κ3) is 3.67. The predicted molar refractivity (Wildman–Crippen MR) is 77.3 cm³/mol. The lowest BCUT2D eigenvalue weighted by Crippen LogP contribution is -1.99. The molecule has 0 unspecified atom stereocenters. The number of anilines is 1. The van der Waals surface area contributed by atoms with Gasteiger partial charge in [0, 0.05) is 34.2 Å². The molecule has 0 aliphatic carbocycles. The first-order valence-corrected chi connectivity index (χ1v) is 7.41. The van der Waals surface area contributed by atoms with Gasteiger partial charge in [0.05, 0.1) is 11.6 Å².